The Balaban J connectivity index is 2.57. The molecule has 0 radical (unpaired) electrons. The van der Waals surface area contributed by atoms with Crippen LogP contribution < -0.4 is 10.6 Å². The molecule has 4 nitrogen and oxygen atoms in total. The largest absolute Gasteiger partial charge is 0.370 e. The summed E-state index contributed by atoms with van der Waals surface area (Å²) in [7, 11) is 0. The summed E-state index contributed by atoms with van der Waals surface area (Å²) < 4.78 is 0. The zero-order chi connectivity index (χ0) is 11.8. The van der Waals surface area contributed by atoms with Crippen LogP contribution in [0.3, 0.4) is 0 Å². The molecule has 16 heavy (non-hydrogen) atoms. The quantitative estimate of drug-likeness (QED) is 0.723. The van der Waals surface area contributed by atoms with E-state index in [1.54, 1.807) is 6.07 Å². The summed E-state index contributed by atoms with van der Waals surface area (Å²) >= 11 is 0. The van der Waals surface area contributed by atoms with E-state index in [4.69, 9.17) is 0 Å². The monoisotopic (exact) mass is 221 g/mol. The molecule has 0 spiro atoms. The van der Waals surface area contributed by atoms with E-state index in [0.29, 0.717) is 12.2 Å². The van der Waals surface area contributed by atoms with Gasteiger partial charge in [-0.15, -0.1) is 0 Å². The first-order valence-electron chi connectivity index (χ1n) is 5.77. The second-order valence-electron chi connectivity index (χ2n) is 3.55. The van der Waals surface area contributed by atoms with Gasteiger partial charge in [0.1, 0.15) is 11.5 Å². The Bertz CT molecular complexity index is 339. The first-order chi connectivity index (χ1) is 7.77. The van der Waals surface area contributed by atoms with Crippen molar-refractivity contribution in [2.75, 3.05) is 18.4 Å². The number of nitrogens with one attached hydrogen (secondary N) is 2. The molecule has 1 aromatic rings. The summed E-state index contributed by atoms with van der Waals surface area (Å²) in [6, 6.07) is 5.41. The van der Waals surface area contributed by atoms with Gasteiger partial charge in [-0.2, -0.15) is 0 Å². The molecule has 1 rings (SSSR count). The number of pyridine rings is 1. The van der Waals surface area contributed by atoms with E-state index < -0.39 is 0 Å². The number of hydrogen-bond acceptors (Lipinski definition) is 3. The van der Waals surface area contributed by atoms with Crippen LogP contribution in [0.2, 0.25) is 0 Å². The molecule has 0 saturated heterocycles. The Morgan fingerprint density at radius 2 is 2.19 bits per heavy atom. The van der Waals surface area contributed by atoms with Gasteiger partial charge in [0.25, 0.3) is 5.91 Å². The van der Waals surface area contributed by atoms with Crippen molar-refractivity contribution in [1.29, 1.82) is 0 Å². The van der Waals surface area contributed by atoms with Crippen molar-refractivity contribution in [2.45, 2.75) is 26.7 Å². The fourth-order valence-electron chi connectivity index (χ4n) is 1.31. The summed E-state index contributed by atoms with van der Waals surface area (Å²) in [4.78, 5) is 15.9. The molecule has 0 bridgehead atoms. The van der Waals surface area contributed by atoms with E-state index in [0.717, 1.165) is 25.2 Å². The molecule has 1 aromatic heterocycles. The number of anilines is 1. The van der Waals surface area contributed by atoms with Gasteiger partial charge in [0.05, 0.1) is 0 Å². The van der Waals surface area contributed by atoms with Gasteiger partial charge in [-0.3, -0.25) is 4.79 Å². The number of nitrogens with zero attached hydrogens (tertiary/aromatic N) is 1. The molecular formula is C12H19N3O. The van der Waals surface area contributed by atoms with Crippen LogP contribution in [-0.2, 0) is 0 Å². The fraction of sp³-hybridized carbons (Fsp3) is 0.500. The highest BCUT2D eigenvalue weighted by Crippen LogP contribution is 2.04. The van der Waals surface area contributed by atoms with Crippen molar-refractivity contribution >= 4 is 11.7 Å². The zero-order valence-electron chi connectivity index (χ0n) is 9.92. The normalized spacial score (nSPS) is 9.88. The minimum absolute atomic E-state index is 0.104. The van der Waals surface area contributed by atoms with Crippen LogP contribution in [0, 0.1) is 0 Å². The van der Waals surface area contributed by atoms with Crippen LogP contribution in [0.1, 0.15) is 37.2 Å². The van der Waals surface area contributed by atoms with Crippen molar-refractivity contribution in [2.24, 2.45) is 0 Å². The van der Waals surface area contributed by atoms with Gasteiger partial charge in [-0.25, -0.2) is 4.98 Å². The van der Waals surface area contributed by atoms with Gasteiger partial charge in [0.2, 0.25) is 0 Å². The number of carbonyl (C=O) groups excluding carboxylic acids is 1. The highest BCUT2D eigenvalue weighted by atomic mass is 16.1. The van der Waals surface area contributed by atoms with Crippen LogP contribution in [0.15, 0.2) is 18.2 Å². The Labute approximate surface area is 96.5 Å². The van der Waals surface area contributed by atoms with Gasteiger partial charge >= 0.3 is 0 Å². The lowest BCUT2D eigenvalue weighted by Gasteiger charge is -2.06. The summed E-state index contributed by atoms with van der Waals surface area (Å²) in [5.41, 5.74) is 0.467. The maximum absolute atomic E-state index is 11.7. The SMILES string of the molecule is CCCCNC(=O)c1cccc(NCC)n1. The maximum atomic E-state index is 11.7. The van der Waals surface area contributed by atoms with Crippen molar-refractivity contribution < 1.29 is 4.79 Å². The third kappa shape index (κ3) is 3.88. The van der Waals surface area contributed by atoms with E-state index in [-0.39, 0.29) is 5.91 Å². The standard InChI is InChI=1S/C12H19N3O/c1-3-5-9-14-12(16)10-7-6-8-11(15-10)13-4-2/h6-8H,3-5,9H2,1-2H3,(H,13,15)(H,14,16). The third-order valence-electron chi connectivity index (χ3n) is 2.16. The lowest BCUT2D eigenvalue weighted by atomic mass is 10.3. The molecule has 0 aliphatic carbocycles. The van der Waals surface area contributed by atoms with Crippen molar-refractivity contribution in [3.8, 4) is 0 Å². The lowest BCUT2D eigenvalue weighted by Crippen LogP contribution is -2.25. The number of aromatic nitrogens is 1. The molecule has 0 aromatic carbocycles. The second-order valence-corrected chi connectivity index (χ2v) is 3.55. The molecule has 0 unspecified atom stereocenters. The molecule has 88 valence electrons. The predicted octanol–water partition coefficient (Wildman–Crippen LogP) is 2.04. The van der Waals surface area contributed by atoms with Gasteiger partial charge in [0, 0.05) is 13.1 Å². The van der Waals surface area contributed by atoms with E-state index in [1.165, 1.54) is 0 Å². The van der Waals surface area contributed by atoms with Crippen LogP contribution in [0.25, 0.3) is 0 Å². The van der Waals surface area contributed by atoms with Gasteiger partial charge in [-0.1, -0.05) is 19.4 Å². The number of hydrogen-bond donors (Lipinski definition) is 2. The van der Waals surface area contributed by atoms with E-state index in [9.17, 15) is 4.79 Å². The Morgan fingerprint density at radius 3 is 2.88 bits per heavy atom. The van der Waals surface area contributed by atoms with Gasteiger partial charge in [-0.05, 0) is 25.5 Å². The fourth-order valence-corrected chi connectivity index (χ4v) is 1.31. The van der Waals surface area contributed by atoms with Crippen LogP contribution in [0.5, 0.6) is 0 Å². The van der Waals surface area contributed by atoms with Gasteiger partial charge < -0.3 is 10.6 Å². The summed E-state index contributed by atoms with van der Waals surface area (Å²) in [6.45, 7) is 5.60. The molecule has 4 heteroatoms. The van der Waals surface area contributed by atoms with Crippen molar-refractivity contribution in [3.05, 3.63) is 23.9 Å². The first-order valence-corrected chi connectivity index (χ1v) is 5.77. The summed E-state index contributed by atoms with van der Waals surface area (Å²) in [6.07, 6.45) is 2.07. The van der Waals surface area contributed by atoms with E-state index in [2.05, 4.69) is 22.5 Å². The van der Waals surface area contributed by atoms with Crippen molar-refractivity contribution in [1.82, 2.24) is 10.3 Å². The molecular weight excluding hydrogens is 202 g/mol. The van der Waals surface area contributed by atoms with E-state index in [1.807, 2.05) is 19.1 Å². The topological polar surface area (TPSA) is 54.0 Å². The molecule has 0 fully saturated rings. The van der Waals surface area contributed by atoms with Crippen molar-refractivity contribution in [3.63, 3.8) is 0 Å². The Morgan fingerprint density at radius 1 is 1.38 bits per heavy atom. The first kappa shape index (κ1) is 12.5. The highest BCUT2D eigenvalue weighted by molar-refractivity contribution is 5.92. The van der Waals surface area contributed by atoms with Gasteiger partial charge in [0.15, 0.2) is 0 Å². The molecule has 1 heterocycles. The number of rotatable bonds is 6. The average molecular weight is 221 g/mol. The second kappa shape index (κ2) is 6.82. The molecule has 0 aliphatic heterocycles. The summed E-state index contributed by atoms with van der Waals surface area (Å²) in [5, 5.41) is 5.92. The molecule has 0 atom stereocenters. The highest BCUT2D eigenvalue weighted by Gasteiger charge is 2.06. The molecule has 1 amide bonds. The minimum atomic E-state index is -0.104. The minimum Gasteiger partial charge on any atom is -0.370 e. The number of amides is 1. The molecule has 0 saturated carbocycles. The average Bonchev–Trinajstić information content (AvgIpc) is 2.30. The number of carbonyl (C=O) groups is 1. The van der Waals surface area contributed by atoms with Crippen LogP contribution in [0.4, 0.5) is 5.82 Å². The third-order valence-corrected chi connectivity index (χ3v) is 2.16. The van der Waals surface area contributed by atoms with Crippen LogP contribution in [-0.4, -0.2) is 24.0 Å². The van der Waals surface area contributed by atoms with E-state index >= 15 is 0 Å². The predicted molar refractivity (Wildman–Crippen MR) is 65.6 cm³/mol. The Kier molecular flexibility index (Phi) is 5.32. The summed E-state index contributed by atoms with van der Waals surface area (Å²) in [5.74, 6) is 0.638. The lowest BCUT2D eigenvalue weighted by molar-refractivity contribution is 0.0948. The molecule has 0 aliphatic rings. The zero-order valence-corrected chi connectivity index (χ0v) is 9.92. The number of unbranched alkanes of at least 4 members (excludes halogenated alkanes) is 1. The van der Waals surface area contributed by atoms with Crippen LogP contribution >= 0.6 is 0 Å². The maximum Gasteiger partial charge on any atom is 0.269 e. The smallest absolute Gasteiger partial charge is 0.269 e. The molecule has 2 N–H and O–H groups in total. The Hall–Kier alpha value is -1.58.